The van der Waals surface area contributed by atoms with E-state index in [-0.39, 0.29) is 18.3 Å². The van der Waals surface area contributed by atoms with Gasteiger partial charge in [0.15, 0.2) is 0 Å². The van der Waals surface area contributed by atoms with Gasteiger partial charge >= 0.3 is 0 Å². The molecule has 28 heavy (non-hydrogen) atoms. The van der Waals surface area contributed by atoms with E-state index in [1.165, 1.54) is 0 Å². The molecular formula is C21H18ClN5O. The molecule has 0 unspecified atom stereocenters. The minimum absolute atomic E-state index is 0. The first kappa shape index (κ1) is 19.3. The molecule has 0 saturated carbocycles. The van der Waals surface area contributed by atoms with Crippen molar-refractivity contribution < 1.29 is 4.79 Å². The van der Waals surface area contributed by atoms with Gasteiger partial charge in [0, 0.05) is 36.7 Å². The van der Waals surface area contributed by atoms with Gasteiger partial charge < -0.3 is 10.6 Å². The number of hydrogen-bond donors (Lipinski definition) is 2. The number of carbonyl (C=O) groups excluding carboxylic acids is 1. The van der Waals surface area contributed by atoms with Crippen LogP contribution in [0, 0.1) is 0 Å². The SMILES string of the molecule is Cl.O=C(Nc1cccc2cccnc12)c1cccnc1NCc1ccncc1. The first-order valence-corrected chi connectivity index (χ1v) is 8.54. The maximum absolute atomic E-state index is 12.9. The summed E-state index contributed by atoms with van der Waals surface area (Å²) in [4.78, 5) is 25.6. The molecule has 0 bridgehead atoms. The summed E-state index contributed by atoms with van der Waals surface area (Å²) in [6.45, 7) is 0.551. The molecule has 0 spiro atoms. The van der Waals surface area contributed by atoms with E-state index in [2.05, 4.69) is 25.6 Å². The molecule has 0 radical (unpaired) electrons. The topological polar surface area (TPSA) is 79.8 Å². The molecule has 0 aliphatic heterocycles. The van der Waals surface area contributed by atoms with Crippen LogP contribution in [0.25, 0.3) is 10.9 Å². The molecule has 3 heterocycles. The smallest absolute Gasteiger partial charge is 0.259 e. The molecule has 140 valence electrons. The number of nitrogens with one attached hydrogen (secondary N) is 2. The number of para-hydroxylation sites is 1. The molecule has 0 fully saturated rings. The Morgan fingerprint density at radius 2 is 1.61 bits per heavy atom. The van der Waals surface area contributed by atoms with Gasteiger partial charge in [-0.15, -0.1) is 12.4 Å². The lowest BCUT2D eigenvalue weighted by Crippen LogP contribution is -2.16. The molecule has 1 amide bonds. The molecule has 4 rings (SSSR count). The fourth-order valence-electron chi connectivity index (χ4n) is 2.81. The first-order chi connectivity index (χ1) is 13.3. The van der Waals surface area contributed by atoms with Crippen LogP contribution in [0.15, 0.2) is 79.4 Å². The fraction of sp³-hybridized carbons (Fsp3) is 0.0476. The van der Waals surface area contributed by atoms with Crippen molar-refractivity contribution in [2.24, 2.45) is 0 Å². The number of pyridine rings is 3. The standard InChI is InChI=1S/C21H17N5O.ClH/c27-21(26-18-7-1-4-16-5-2-10-23-19(16)18)17-6-3-11-24-20(17)25-14-15-8-12-22-13-9-15;/h1-13H,14H2,(H,24,25)(H,26,27);1H. The van der Waals surface area contributed by atoms with E-state index in [1.807, 2.05) is 42.5 Å². The second kappa shape index (κ2) is 8.92. The number of fused-ring (bicyclic) bond motifs is 1. The molecule has 0 aliphatic carbocycles. The number of carbonyl (C=O) groups is 1. The van der Waals surface area contributed by atoms with Crippen molar-refractivity contribution in [3.63, 3.8) is 0 Å². The van der Waals surface area contributed by atoms with Crippen molar-refractivity contribution in [1.82, 2.24) is 15.0 Å². The summed E-state index contributed by atoms with van der Waals surface area (Å²) in [6.07, 6.45) is 6.84. The summed E-state index contributed by atoms with van der Waals surface area (Å²) in [7, 11) is 0. The number of halogens is 1. The van der Waals surface area contributed by atoms with Crippen LogP contribution in [0.2, 0.25) is 0 Å². The van der Waals surface area contributed by atoms with Crippen LogP contribution in [0.4, 0.5) is 11.5 Å². The van der Waals surface area contributed by atoms with Gasteiger partial charge in [-0.3, -0.25) is 14.8 Å². The summed E-state index contributed by atoms with van der Waals surface area (Å²) in [5.41, 5.74) is 2.95. The van der Waals surface area contributed by atoms with E-state index < -0.39 is 0 Å². The summed E-state index contributed by atoms with van der Waals surface area (Å²) < 4.78 is 0. The van der Waals surface area contributed by atoms with Gasteiger partial charge in [0.2, 0.25) is 0 Å². The third-order valence-electron chi connectivity index (χ3n) is 4.14. The normalized spacial score (nSPS) is 10.1. The number of aromatic nitrogens is 3. The number of rotatable bonds is 5. The lowest BCUT2D eigenvalue weighted by Gasteiger charge is -2.12. The van der Waals surface area contributed by atoms with E-state index in [4.69, 9.17) is 0 Å². The maximum atomic E-state index is 12.9. The Labute approximate surface area is 168 Å². The Bertz CT molecular complexity index is 1080. The largest absolute Gasteiger partial charge is 0.365 e. The maximum Gasteiger partial charge on any atom is 0.259 e. The molecule has 6 nitrogen and oxygen atoms in total. The van der Waals surface area contributed by atoms with Crippen molar-refractivity contribution in [3.05, 3.63) is 90.5 Å². The molecule has 0 aliphatic rings. The average Bonchev–Trinajstić information content (AvgIpc) is 2.73. The Kier molecular flexibility index (Phi) is 6.14. The zero-order valence-corrected chi connectivity index (χ0v) is 15.7. The van der Waals surface area contributed by atoms with Crippen molar-refractivity contribution in [2.75, 3.05) is 10.6 Å². The Morgan fingerprint density at radius 3 is 2.46 bits per heavy atom. The average molecular weight is 392 g/mol. The summed E-state index contributed by atoms with van der Waals surface area (Å²) in [6, 6.07) is 16.8. The van der Waals surface area contributed by atoms with Crippen molar-refractivity contribution in [1.29, 1.82) is 0 Å². The van der Waals surface area contributed by atoms with E-state index in [9.17, 15) is 4.79 Å². The highest BCUT2D eigenvalue weighted by atomic mass is 35.5. The Hall–Kier alpha value is -3.51. The van der Waals surface area contributed by atoms with Crippen LogP contribution in [0.5, 0.6) is 0 Å². The zero-order valence-electron chi connectivity index (χ0n) is 14.9. The Morgan fingerprint density at radius 1 is 0.857 bits per heavy atom. The van der Waals surface area contributed by atoms with Gasteiger partial charge in [-0.05, 0) is 42.0 Å². The zero-order chi connectivity index (χ0) is 18.5. The molecule has 2 N–H and O–H groups in total. The summed E-state index contributed by atoms with van der Waals surface area (Å²) in [5.74, 6) is 0.290. The van der Waals surface area contributed by atoms with Crippen LogP contribution >= 0.6 is 12.4 Å². The second-order valence-electron chi connectivity index (χ2n) is 5.94. The van der Waals surface area contributed by atoms with E-state index in [0.29, 0.717) is 23.6 Å². The number of nitrogens with zero attached hydrogens (tertiary/aromatic N) is 3. The lowest BCUT2D eigenvalue weighted by molar-refractivity contribution is 0.102. The number of amides is 1. The molecule has 7 heteroatoms. The molecular weight excluding hydrogens is 374 g/mol. The minimum Gasteiger partial charge on any atom is -0.365 e. The number of hydrogen-bond acceptors (Lipinski definition) is 5. The number of benzene rings is 1. The van der Waals surface area contributed by atoms with Crippen LogP contribution in [-0.4, -0.2) is 20.9 Å². The summed E-state index contributed by atoms with van der Waals surface area (Å²) >= 11 is 0. The molecule has 3 aromatic heterocycles. The monoisotopic (exact) mass is 391 g/mol. The van der Waals surface area contributed by atoms with Gasteiger partial charge in [0.1, 0.15) is 5.82 Å². The lowest BCUT2D eigenvalue weighted by atomic mass is 10.1. The Balaban J connectivity index is 0.00000225. The van der Waals surface area contributed by atoms with Crippen LogP contribution < -0.4 is 10.6 Å². The van der Waals surface area contributed by atoms with Crippen molar-refractivity contribution >= 4 is 40.7 Å². The first-order valence-electron chi connectivity index (χ1n) is 8.54. The third kappa shape index (κ3) is 4.24. The molecule has 0 atom stereocenters. The molecule has 0 saturated heterocycles. The summed E-state index contributed by atoms with van der Waals surface area (Å²) in [5, 5.41) is 7.14. The van der Waals surface area contributed by atoms with E-state index >= 15 is 0 Å². The molecule has 1 aromatic carbocycles. The quantitative estimate of drug-likeness (QED) is 0.530. The third-order valence-corrected chi connectivity index (χ3v) is 4.14. The highest BCUT2D eigenvalue weighted by Crippen LogP contribution is 2.22. The van der Waals surface area contributed by atoms with Crippen LogP contribution in [0.3, 0.4) is 0 Å². The van der Waals surface area contributed by atoms with Crippen LogP contribution in [0.1, 0.15) is 15.9 Å². The van der Waals surface area contributed by atoms with E-state index in [1.54, 1.807) is 36.9 Å². The van der Waals surface area contributed by atoms with Crippen molar-refractivity contribution in [2.45, 2.75) is 6.54 Å². The van der Waals surface area contributed by atoms with Gasteiger partial charge in [0.25, 0.3) is 5.91 Å². The highest BCUT2D eigenvalue weighted by molar-refractivity contribution is 6.10. The molecule has 4 aromatic rings. The number of anilines is 2. The highest BCUT2D eigenvalue weighted by Gasteiger charge is 2.14. The van der Waals surface area contributed by atoms with Crippen molar-refractivity contribution in [3.8, 4) is 0 Å². The van der Waals surface area contributed by atoms with Gasteiger partial charge in [-0.25, -0.2) is 4.98 Å². The second-order valence-corrected chi connectivity index (χ2v) is 5.94. The van der Waals surface area contributed by atoms with Gasteiger partial charge in [0.05, 0.1) is 16.8 Å². The van der Waals surface area contributed by atoms with Crippen LogP contribution in [-0.2, 0) is 6.54 Å². The fourth-order valence-corrected chi connectivity index (χ4v) is 2.81. The van der Waals surface area contributed by atoms with Gasteiger partial charge in [-0.2, -0.15) is 0 Å². The predicted molar refractivity (Wildman–Crippen MR) is 113 cm³/mol. The van der Waals surface area contributed by atoms with Gasteiger partial charge in [-0.1, -0.05) is 18.2 Å². The minimum atomic E-state index is -0.238. The predicted octanol–water partition coefficient (Wildman–Crippen LogP) is 4.31. The van der Waals surface area contributed by atoms with E-state index in [0.717, 1.165) is 16.5 Å².